The maximum absolute atomic E-state index is 12.3. The quantitative estimate of drug-likeness (QED) is 0.801. The van der Waals surface area contributed by atoms with Gasteiger partial charge in [0.1, 0.15) is 0 Å². The number of amides is 1. The molecule has 1 unspecified atom stereocenters. The predicted molar refractivity (Wildman–Crippen MR) is 80.5 cm³/mol. The van der Waals surface area contributed by atoms with Crippen molar-refractivity contribution in [1.29, 1.82) is 0 Å². The van der Waals surface area contributed by atoms with Gasteiger partial charge in [-0.05, 0) is 24.5 Å². The van der Waals surface area contributed by atoms with Gasteiger partial charge in [0, 0.05) is 25.1 Å². The summed E-state index contributed by atoms with van der Waals surface area (Å²) in [5, 5.41) is 0. The highest BCUT2D eigenvalue weighted by molar-refractivity contribution is 5.91. The topological polar surface area (TPSA) is 38.8 Å². The number of nitrogens with zero attached hydrogens (tertiary/aromatic N) is 1. The zero-order valence-corrected chi connectivity index (χ0v) is 12.1. The van der Waals surface area contributed by atoms with Gasteiger partial charge in [0.25, 0.3) is 0 Å². The molecule has 0 saturated carbocycles. The van der Waals surface area contributed by atoms with Gasteiger partial charge in [-0.1, -0.05) is 30.3 Å². The van der Waals surface area contributed by atoms with Gasteiger partial charge in [0.05, 0.1) is 13.2 Å². The van der Waals surface area contributed by atoms with Gasteiger partial charge in [0.2, 0.25) is 5.91 Å². The second-order valence-corrected chi connectivity index (χ2v) is 5.54. The molecule has 1 aromatic rings. The molecule has 3 rings (SSSR count). The molecular weight excluding hydrogens is 266 g/mol. The monoisotopic (exact) mass is 287 g/mol. The summed E-state index contributed by atoms with van der Waals surface area (Å²) in [5.41, 5.74) is 1.04. The number of rotatable bonds is 3. The molecule has 1 amide bonds. The minimum Gasteiger partial charge on any atom is -0.350 e. The van der Waals surface area contributed by atoms with E-state index in [9.17, 15) is 4.79 Å². The number of likely N-dealkylation sites (tertiary alicyclic amines) is 1. The molecule has 1 aromatic carbocycles. The van der Waals surface area contributed by atoms with Crippen molar-refractivity contribution in [3.05, 3.63) is 42.0 Å². The normalized spacial score (nSPS) is 23.8. The molecule has 2 heterocycles. The van der Waals surface area contributed by atoms with Crippen LogP contribution in [0.4, 0.5) is 0 Å². The van der Waals surface area contributed by atoms with Crippen LogP contribution in [-0.4, -0.2) is 43.4 Å². The third-order valence-electron chi connectivity index (χ3n) is 4.02. The van der Waals surface area contributed by atoms with Crippen LogP contribution < -0.4 is 0 Å². The highest BCUT2D eigenvalue weighted by atomic mass is 16.7. The Morgan fingerprint density at radius 1 is 1.19 bits per heavy atom. The smallest absolute Gasteiger partial charge is 0.246 e. The van der Waals surface area contributed by atoms with E-state index in [1.54, 1.807) is 6.08 Å². The van der Waals surface area contributed by atoms with Crippen molar-refractivity contribution in [3.63, 3.8) is 0 Å². The molecular formula is C17H21NO3. The van der Waals surface area contributed by atoms with E-state index in [1.165, 1.54) is 0 Å². The second-order valence-electron chi connectivity index (χ2n) is 5.54. The first-order valence-electron chi connectivity index (χ1n) is 7.58. The summed E-state index contributed by atoms with van der Waals surface area (Å²) in [7, 11) is 0. The fourth-order valence-electron chi connectivity index (χ4n) is 2.92. The van der Waals surface area contributed by atoms with E-state index >= 15 is 0 Å². The Morgan fingerprint density at radius 3 is 2.71 bits per heavy atom. The van der Waals surface area contributed by atoms with Crippen molar-refractivity contribution in [2.45, 2.75) is 19.1 Å². The van der Waals surface area contributed by atoms with Crippen LogP contribution in [-0.2, 0) is 14.3 Å². The summed E-state index contributed by atoms with van der Waals surface area (Å²) in [6, 6.07) is 9.88. The third kappa shape index (κ3) is 3.71. The first kappa shape index (κ1) is 14.3. The molecule has 0 aromatic heterocycles. The maximum Gasteiger partial charge on any atom is 0.246 e. The number of piperidine rings is 1. The fraction of sp³-hybridized carbons (Fsp3) is 0.471. The summed E-state index contributed by atoms with van der Waals surface area (Å²) in [5.74, 6) is 0.372. The molecule has 0 spiro atoms. The zero-order valence-electron chi connectivity index (χ0n) is 12.1. The molecule has 4 heteroatoms. The minimum absolute atomic E-state index is 0.0709. The molecule has 0 aliphatic carbocycles. The minimum atomic E-state index is -0.126. The maximum atomic E-state index is 12.3. The van der Waals surface area contributed by atoms with Crippen LogP contribution in [0.15, 0.2) is 36.4 Å². The lowest BCUT2D eigenvalue weighted by molar-refractivity contribution is -0.134. The van der Waals surface area contributed by atoms with Crippen LogP contribution >= 0.6 is 0 Å². The molecule has 4 nitrogen and oxygen atoms in total. The highest BCUT2D eigenvalue weighted by Gasteiger charge is 2.32. The first-order valence-corrected chi connectivity index (χ1v) is 7.58. The average molecular weight is 287 g/mol. The van der Waals surface area contributed by atoms with Crippen LogP contribution in [0.3, 0.4) is 0 Å². The van der Waals surface area contributed by atoms with E-state index in [0.29, 0.717) is 19.1 Å². The van der Waals surface area contributed by atoms with Crippen molar-refractivity contribution in [3.8, 4) is 0 Å². The number of carbonyl (C=O) groups excluding carboxylic acids is 1. The summed E-state index contributed by atoms with van der Waals surface area (Å²) in [6.07, 6.45) is 5.48. The molecule has 112 valence electrons. The van der Waals surface area contributed by atoms with Crippen LogP contribution in [0, 0.1) is 5.92 Å². The fourth-order valence-corrected chi connectivity index (χ4v) is 2.92. The standard InChI is InChI=1S/C17H21NO3/c19-16(9-8-14-5-2-1-3-6-14)18-10-4-7-15(13-18)17-20-11-12-21-17/h1-3,5-6,8-9,15,17H,4,7,10-13H2/b9-8+. The van der Waals surface area contributed by atoms with Gasteiger partial charge in [-0.3, -0.25) is 4.79 Å². The molecule has 21 heavy (non-hydrogen) atoms. The third-order valence-corrected chi connectivity index (χ3v) is 4.02. The number of ether oxygens (including phenoxy) is 2. The number of carbonyl (C=O) groups is 1. The molecule has 2 fully saturated rings. The van der Waals surface area contributed by atoms with Crippen LogP contribution in [0.25, 0.3) is 6.08 Å². The summed E-state index contributed by atoms with van der Waals surface area (Å²) >= 11 is 0. The van der Waals surface area contributed by atoms with Gasteiger partial charge in [-0.2, -0.15) is 0 Å². The molecule has 2 aliphatic heterocycles. The first-order chi connectivity index (χ1) is 10.3. The van der Waals surface area contributed by atoms with E-state index in [0.717, 1.165) is 31.5 Å². The van der Waals surface area contributed by atoms with Crippen LogP contribution in [0.1, 0.15) is 18.4 Å². The summed E-state index contributed by atoms with van der Waals surface area (Å²) in [4.78, 5) is 14.2. The van der Waals surface area contributed by atoms with E-state index in [2.05, 4.69) is 0 Å². The van der Waals surface area contributed by atoms with Crippen molar-refractivity contribution >= 4 is 12.0 Å². The lowest BCUT2D eigenvalue weighted by Crippen LogP contribution is -2.43. The van der Waals surface area contributed by atoms with E-state index in [-0.39, 0.29) is 12.2 Å². The van der Waals surface area contributed by atoms with Crippen LogP contribution in [0.5, 0.6) is 0 Å². The Kier molecular flexibility index (Phi) is 4.68. The largest absolute Gasteiger partial charge is 0.350 e. The Balaban J connectivity index is 1.58. The Morgan fingerprint density at radius 2 is 1.95 bits per heavy atom. The molecule has 2 aliphatic rings. The van der Waals surface area contributed by atoms with Gasteiger partial charge in [-0.15, -0.1) is 0 Å². The predicted octanol–water partition coefficient (Wildman–Crippen LogP) is 2.31. The number of hydrogen-bond donors (Lipinski definition) is 0. The second kappa shape index (κ2) is 6.87. The molecule has 0 bridgehead atoms. The van der Waals surface area contributed by atoms with E-state index < -0.39 is 0 Å². The summed E-state index contributed by atoms with van der Waals surface area (Å²) in [6.45, 7) is 2.88. The Bertz CT molecular complexity index is 494. The van der Waals surface area contributed by atoms with Gasteiger partial charge in [0.15, 0.2) is 6.29 Å². The number of hydrogen-bond acceptors (Lipinski definition) is 3. The van der Waals surface area contributed by atoms with Gasteiger partial charge < -0.3 is 14.4 Å². The Labute approximate surface area is 125 Å². The lowest BCUT2D eigenvalue weighted by Gasteiger charge is -2.34. The number of benzene rings is 1. The molecule has 2 saturated heterocycles. The van der Waals surface area contributed by atoms with Crippen LogP contribution in [0.2, 0.25) is 0 Å². The molecule has 0 N–H and O–H groups in total. The van der Waals surface area contributed by atoms with Crippen molar-refractivity contribution in [1.82, 2.24) is 4.90 Å². The SMILES string of the molecule is O=C(/C=C/c1ccccc1)N1CCCC(C2OCCO2)C1. The van der Waals surface area contributed by atoms with Crippen molar-refractivity contribution < 1.29 is 14.3 Å². The van der Waals surface area contributed by atoms with E-state index in [4.69, 9.17) is 9.47 Å². The zero-order chi connectivity index (χ0) is 14.5. The average Bonchev–Trinajstić information content (AvgIpc) is 3.08. The van der Waals surface area contributed by atoms with Gasteiger partial charge in [-0.25, -0.2) is 0 Å². The highest BCUT2D eigenvalue weighted by Crippen LogP contribution is 2.25. The molecule has 1 atom stereocenters. The van der Waals surface area contributed by atoms with Gasteiger partial charge >= 0.3 is 0 Å². The van der Waals surface area contributed by atoms with E-state index in [1.807, 2.05) is 41.3 Å². The van der Waals surface area contributed by atoms with Crippen molar-refractivity contribution in [2.24, 2.45) is 5.92 Å². The molecule has 0 radical (unpaired) electrons. The Hall–Kier alpha value is -1.65. The van der Waals surface area contributed by atoms with Crippen molar-refractivity contribution in [2.75, 3.05) is 26.3 Å². The lowest BCUT2D eigenvalue weighted by atomic mass is 9.97. The summed E-state index contributed by atoms with van der Waals surface area (Å²) < 4.78 is 11.1.